The number of hydrogen-bond acceptors (Lipinski definition) is 4. The van der Waals surface area contributed by atoms with E-state index in [1.54, 1.807) is 62.4 Å². The number of amides is 2. The van der Waals surface area contributed by atoms with Crippen molar-refractivity contribution < 1.29 is 18.0 Å². The van der Waals surface area contributed by atoms with Crippen LogP contribution in [0.3, 0.4) is 0 Å². The second-order valence-corrected chi connectivity index (χ2v) is 13.4. The molecule has 2 amide bonds. The van der Waals surface area contributed by atoms with Gasteiger partial charge in [0.25, 0.3) is 10.0 Å². The number of hydrogen-bond donors (Lipinski definition) is 1. The molecule has 3 rings (SSSR count). The number of nitrogens with zero attached hydrogens (tertiary/aromatic N) is 2. The van der Waals surface area contributed by atoms with E-state index in [1.807, 2.05) is 20.8 Å². The van der Waals surface area contributed by atoms with E-state index in [1.165, 1.54) is 17.0 Å². The third-order valence-corrected chi connectivity index (χ3v) is 9.27. The molecule has 0 bridgehead atoms. The Bertz CT molecular complexity index is 1490. The van der Waals surface area contributed by atoms with Crippen molar-refractivity contribution in [3.63, 3.8) is 0 Å². The molecule has 7 nitrogen and oxygen atoms in total. The molecule has 0 aliphatic rings. The maximum atomic E-state index is 14.1. The number of aryl methyl sites for hydroxylation is 2. The number of anilines is 1. The Morgan fingerprint density at radius 1 is 0.902 bits per heavy atom. The van der Waals surface area contributed by atoms with Crippen LogP contribution in [-0.2, 0) is 26.2 Å². The van der Waals surface area contributed by atoms with Crippen molar-refractivity contribution >= 4 is 62.3 Å². The molecule has 1 atom stereocenters. The number of rotatable bonds is 11. The molecular weight excluding hydrogens is 605 g/mol. The van der Waals surface area contributed by atoms with E-state index in [0.29, 0.717) is 32.7 Å². The van der Waals surface area contributed by atoms with Crippen LogP contribution in [0.5, 0.6) is 0 Å². The van der Waals surface area contributed by atoms with Crippen molar-refractivity contribution in [3.8, 4) is 0 Å². The molecule has 3 aromatic rings. The van der Waals surface area contributed by atoms with Crippen molar-refractivity contribution in [3.05, 3.63) is 92.4 Å². The highest BCUT2D eigenvalue weighted by Crippen LogP contribution is 2.31. The molecule has 3 aromatic carbocycles. The lowest BCUT2D eigenvalue weighted by Gasteiger charge is -2.33. The van der Waals surface area contributed by atoms with Crippen LogP contribution in [-0.4, -0.2) is 44.3 Å². The minimum Gasteiger partial charge on any atom is -0.354 e. The standard InChI is InChI=1S/C30H34Cl3N3O4S/c1-19(2)16-34-30(38)22(5)35(17-25-26(32)7-6-8-27(25)33)29(37)18-36(28-14-11-23(31)15-21(28)4)41(39,40)24-12-9-20(3)10-13-24/h6-15,19,22H,16-18H2,1-5H3,(H,34,38)/t22-/m1/s1. The van der Waals surface area contributed by atoms with Gasteiger partial charge in [-0.25, -0.2) is 8.42 Å². The van der Waals surface area contributed by atoms with E-state index in [2.05, 4.69) is 5.32 Å². The molecule has 0 aromatic heterocycles. The summed E-state index contributed by atoms with van der Waals surface area (Å²) in [6.07, 6.45) is 0. The van der Waals surface area contributed by atoms with Gasteiger partial charge in [0.05, 0.1) is 10.6 Å². The number of nitrogens with one attached hydrogen (secondary N) is 1. The van der Waals surface area contributed by atoms with Crippen LogP contribution in [0.15, 0.2) is 65.6 Å². The van der Waals surface area contributed by atoms with E-state index in [9.17, 15) is 18.0 Å². The van der Waals surface area contributed by atoms with E-state index in [4.69, 9.17) is 34.8 Å². The Labute approximate surface area is 257 Å². The zero-order valence-electron chi connectivity index (χ0n) is 23.6. The van der Waals surface area contributed by atoms with E-state index in [-0.39, 0.29) is 29.0 Å². The van der Waals surface area contributed by atoms with E-state index in [0.717, 1.165) is 9.87 Å². The molecular formula is C30H34Cl3N3O4S. The van der Waals surface area contributed by atoms with Crippen molar-refractivity contribution in [1.82, 2.24) is 10.2 Å². The van der Waals surface area contributed by atoms with Crippen molar-refractivity contribution in [1.29, 1.82) is 0 Å². The first-order valence-electron chi connectivity index (χ1n) is 13.1. The average molecular weight is 639 g/mol. The lowest BCUT2D eigenvalue weighted by Crippen LogP contribution is -2.51. The minimum absolute atomic E-state index is 0.0219. The van der Waals surface area contributed by atoms with Crippen LogP contribution in [0.1, 0.15) is 37.5 Å². The van der Waals surface area contributed by atoms with Crippen LogP contribution in [0.2, 0.25) is 15.1 Å². The molecule has 0 unspecified atom stereocenters. The van der Waals surface area contributed by atoms with Gasteiger partial charge >= 0.3 is 0 Å². The molecule has 0 aliphatic carbocycles. The smallest absolute Gasteiger partial charge is 0.264 e. The summed E-state index contributed by atoms with van der Waals surface area (Å²) < 4.78 is 29.0. The predicted molar refractivity (Wildman–Crippen MR) is 166 cm³/mol. The van der Waals surface area contributed by atoms with Crippen LogP contribution in [0, 0.1) is 19.8 Å². The highest BCUT2D eigenvalue weighted by Gasteiger charge is 2.33. The van der Waals surface area contributed by atoms with Gasteiger partial charge in [-0.2, -0.15) is 0 Å². The molecule has 11 heteroatoms. The average Bonchev–Trinajstić information content (AvgIpc) is 2.90. The number of carbonyl (C=O) groups is 2. The summed E-state index contributed by atoms with van der Waals surface area (Å²) in [6, 6.07) is 15.1. The largest absolute Gasteiger partial charge is 0.354 e. The topological polar surface area (TPSA) is 86.8 Å². The van der Waals surface area contributed by atoms with Crippen LogP contribution in [0.4, 0.5) is 5.69 Å². The molecule has 0 radical (unpaired) electrons. The van der Waals surface area contributed by atoms with Gasteiger partial charge < -0.3 is 10.2 Å². The first-order chi connectivity index (χ1) is 19.2. The molecule has 41 heavy (non-hydrogen) atoms. The van der Waals surface area contributed by atoms with Crippen molar-refractivity contribution in [2.24, 2.45) is 5.92 Å². The first-order valence-corrected chi connectivity index (χ1v) is 15.7. The van der Waals surface area contributed by atoms with E-state index < -0.39 is 28.5 Å². The lowest BCUT2D eigenvalue weighted by atomic mass is 10.1. The second kappa shape index (κ2) is 13.9. The lowest BCUT2D eigenvalue weighted by molar-refractivity contribution is -0.139. The van der Waals surface area contributed by atoms with Gasteiger partial charge in [0.2, 0.25) is 11.8 Å². The highest BCUT2D eigenvalue weighted by atomic mass is 35.5. The van der Waals surface area contributed by atoms with E-state index >= 15 is 0 Å². The summed E-state index contributed by atoms with van der Waals surface area (Å²) >= 11 is 19.0. The quantitative estimate of drug-likeness (QED) is 0.255. The van der Waals surface area contributed by atoms with Gasteiger partial charge in [-0.15, -0.1) is 0 Å². The van der Waals surface area contributed by atoms with Crippen molar-refractivity contribution in [2.75, 3.05) is 17.4 Å². The Morgan fingerprint density at radius 2 is 1.51 bits per heavy atom. The molecule has 220 valence electrons. The summed E-state index contributed by atoms with van der Waals surface area (Å²) in [5.41, 5.74) is 2.18. The second-order valence-electron chi connectivity index (χ2n) is 10.3. The Hall–Kier alpha value is -2.78. The Balaban J connectivity index is 2.09. The van der Waals surface area contributed by atoms with Crippen molar-refractivity contribution in [2.45, 2.75) is 52.1 Å². The fourth-order valence-electron chi connectivity index (χ4n) is 4.14. The molecule has 0 spiro atoms. The highest BCUT2D eigenvalue weighted by molar-refractivity contribution is 7.92. The SMILES string of the molecule is Cc1ccc(S(=O)(=O)N(CC(=O)N(Cc2c(Cl)cccc2Cl)[C@H](C)C(=O)NCC(C)C)c2ccc(Cl)cc2C)cc1. The molecule has 0 saturated heterocycles. The Morgan fingerprint density at radius 3 is 2.07 bits per heavy atom. The third-order valence-electron chi connectivity index (χ3n) is 6.56. The van der Waals surface area contributed by atoms with Gasteiger partial charge in [-0.05, 0) is 74.7 Å². The van der Waals surface area contributed by atoms with Gasteiger partial charge in [-0.3, -0.25) is 13.9 Å². The van der Waals surface area contributed by atoms with Crippen LogP contribution < -0.4 is 9.62 Å². The number of halogens is 3. The summed E-state index contributed by atoms with van der Waals surface area (Å²) in [6.45, 7) is 8.80. The summed E-state index contributed by atoms with van der Waals surface area (Å²) in [5, 5.41) is 3.92. The number of carbonyl (C=O) groups excluding carboxylic acids is 2. The summed E-state index contributed by atoms with van der Waals surface area (Å²) in [5.74, 6) is -0.805. The third kappa shape index (κ3) is 8.16. The van der Waals surface area contributed by atoms with Crippen LogP contribution in [0.25, 0.3) is 0 Å². The van der Waals surface area contributed by atoms with Gasteiger partial charge in [0.1, 0.15) is 12.6 Å². The monoisotopic (exact) mass is 637 g/mol. The summed E-state index contributed by atoms with van der Waals surface area (Å²) in [7, 11) is -4.20. The predicted octanol–water partition coefficient (Wildman–Crippen LogP) is 6.65. The fourth-order valence-corrected chi connectivity index (χ4v) is 6.36. The molecule has 1 N–H and O–H groups in total. The fraction of sp³-hybridized carbons (Fsp3) is 0.333. The molecule has 0 heterocycles. The van der Waals surface area contributed by atoms with Crippen LogP contribution >= 0.6 is 34.8 Å². The maximum absolute atomic E-state index is 14.1. The molecule has 0 saturated carbocycles. The zero-order valence-corrected chi connectivity index (χ0v) is 26.7. The number of benzene rings is 3. The first kappa shape index (κ1) is 32.7. The van der Waals surface area contributed by atoms with Gasteiger partial charge in [-0.1, -0.05) is 72.4 Å². The number of sulfonamides is 1. The minimum atomic E-state index is -4.20. The molecule has 0 aliphatic heterocycles. The zero-order chi connectivity index (χ0) is 30.5. The van der Waals surface area contributed by atoms with Gasteiger partial charge in [0, 0.05) is 33.7 Å². The molecule has 0 fully saturated rings. The summed E-state index contributed by atoms with van der Waals surface area (Å²) in [4.78, 5) is 28.5. The normalized spacial score (nSPS) is 12.2. The van der Waals surface area contributed by atoms with Gasteiger partial charge in [0.15, 0.2) is 0 Å². The Kier molecular flexibility index (Phi) is 11.1. The maximum Gasteiger partial charge on any atom is 0.264 e.